The summed E-state index contributed by atoms with van der Waals surface area (Å²) >= 11 is 3.54. The van der Waals surface area contributed by atoms with Crippen molar-refractivity contribution in [2.45, 2.75) is 36.3 Å². The quantitative estimate of drug-likeness (QED) is 0.802. The van der Waals surface area contributed by atoms with Crippen LogP contribution in [0.4, 0.5) is 0 Å². The van der Waals surface area contributed by atoms with E-state index in [9.17, 15) is 8.42 Å². The molecule has 0 fully saturated rings. The molecule has 3 nitrogen and oxygen atoms in total. The molecule has 1 aromatic rings. The summed E-state index contributed by atoms with van der Waals surface area (Å²) < 4.78 is 22.8. The number of hydrogen-bond acceptors (Lipinski definition) is 3. The van der Waals surface area contributed by atoms with Gasteiger partial charge in [-0.3, -0.25) is 4.98 Å². The van der Waals surface area contributed by atoms with Gasteiger partial charge in [-0.15, -0.1) is 0 Å². The van der Waals surface area contributed by atoms with E-state index < -0.39 is 14.6 Å². The summed E-state index contributed by atoms with van der Waals surface area (Å²) in [4.78, 5) is 3.82. The summed E-state index contributed by atoms with van der Waals surface area (Å²) in [5.74, 6) is 0.0997. The molecular formula is C12H18BrNO2S. The molecule has 96 valence electrons. The SMILES string of the molecule is CC(c1ccncc1)C(Br)C(C)(C)S(C)(=O)=O. The van der Waals surface area contributed by atoms with Crippen LogP contribution in [-0.2, 0) is 9.84 Å². The normalized spacial score (nSPS) is 16.5. The average molecular weight is 320 g/mol. The predicted molar refractivity (Wildman–Crippen MR) is 74.3 cm³/mol. The lowest BCUT2D eigenvalue weighted by Gasteiger charge is -2.32. The van der Waals surface area contributed by atoms with Gasteiger partial charge in [0.25, 0.3) is 0 Å². The molecular weight excluding hydrogens is 302 g/mol. The van der Waals surface area contributed by atoms with E-state index in [1.807, 2.05) is 19.1 Å². The van der Waals surface area contributed by atoms with Crippen molar-refractivity contribution in [1.29, 1.82) is 0 Å². The highest BCUT2D eigenvalue weighted by atomic mass is 79.9. The van der Waals surface area contributed by atoms with Crippen LogP contribution in [0.25, 0.3) is 0 Å². The van der Waals surface area contributed by atoms with Crippen LogP contribution in [-0.4, -0.2) is 29.2 Å². The van der Waals surface area contributed by atoms with Crippen LogP contribution in [0.15, 0.2) is 24.5 Å². The van der Waals surface area contributed by atoms with Gasteiger partial charge in [-0.2, -0.15) is 0 Å². The van der Waals surface area contributed by atoms with Gasteiger partial charge in [-0.1, -0.05) is 22.9 Å². The van der Waals surface area contributed by atoms with Gasteiger partial charge < -0.3 is 0 Å². The van der Waals surface area contributed by atoms with Crippen LogP contribution in [0, 0.1) is 0 Å². The van der Waals surface area contributed by atoms with Crippen molar-refractivity contribution in [1.82, 2.24) is 4.98 Å². The molecule has 17 heavy (non-hydrogen) atoms. The number of halogens is 1. The Hall–Kier alpha value is -0.420. The second kappa shape index (κ2) is 5.06. The van der Waals surface area contributed by atoms with E-state index in [-0.39, 0.29) is 10.7 Å². The highest BCUT2D eigenvalue weighted by molar-refractivity contribution is 9.09. The van der Waals surface area contributed by atoms with Gasteiger partial charge in [-0.25, -0.2) is 8.42 Å². The molecule has 0 aliphatic heterocycles. The second-order valence-corrected chi connectivity index (χ2v) is 8.43. The zero-order valence-electron chi connectivity index (χ0n) is 10.5. The standard InChI is InChI=1S/C12H18BrNO2S/c1-9(10-5-7-14-8-6-10)11(13)12(2,3)17(4,15)16/h5-9,11H,1-4H3. The van der Waals surface area contributed by atoms with Crippen molar-refractivity contribution >= 4 is 25.8 Å². The fourth-order valence-electron chi connectivity index (χ4n) is 1.64. The van der Waals surface area contributed by atoms with Crippen molar-refractivity contribution in [3.05, 3.63) is 30.1 Å². The third-order valence-corrected chi connectivity index (χ3v) is 7.70. The lowest BCUT2D eigenvalue weighted by molar-refractivity contribution is 0.519. The van der Waals surface area contributed by atoms with E-state index in [0.717, 1.165) is 5.56 Å². The largest absolute Gasteiger partial charge is 0.265 e. The van der Waals surface area contributed by atoms with Gasteiger partial charge >= 0.3 is 0 Å². The highest BCUT2D eigenvalue weighted by Crippen LogP contribution is 2.36. The lowest BCUT2D eigenvalue weighted by Crippen LogP contribution is -2.42. The number of nitrogens with zero attached hydrogens (tertiary/aromatic N) is 1. The van der Waals surface area contributed by atoms with Gasteiger partial charge in [0.05, 0.1) is 4.75 Å². The molecule has 0 aromatic carbocycles. The molecule has 0 aliphatic rings. The van der Waals surface area contributed by atoms with E-state index in [2.05, 4.69) is 20.9 Å². The van der Waals surface area contributed by atoms with E-state index in [1.165, 1.54) is 6.26 Å². The Morgan fingerprint density at radius 3 is 2.18 bits per heavy atom. The summed E-state index contributed by atoms with van der Waals surface area (Å²) in [7, 11) is -3.12. The molecule has 5 heteroatoms. The number of sulfone groups is 1. The fraction of sp³-hybridized carbons (Fsp3) is 0.583. The molecule has 1 heterocycles. The fourth-order valence-corrected chi connectivity index (χ4v) is 3.58. The highest BCUT2D eigenvalue weighted by Gasteiger charge is 2.40. The first kappa shape index (κ1) is 14.6. The number of alkyl halides is 1. The maximum Gasteiger partial charge on any atom is 0.153 e. The van der Waals surface area contributed by atoms with Gasteiger partial charge in [0, 0.05) is 23.5 Å². The molecule has 0 radical (unpaired) electrons. The zero-order valence-corrected chi connectivity index (χ0v) is 12.9. The number of rotatable bonds is 4. The Kier molecular flexibility index (Phi) is 4.36. The summed E-state index contributed by atoms with van der Waals surface area (Å²) in [5, 5.41) is 0. The third-order valence-electron chi connectivity index (χ3n) is 3.29. The van der Waals surface area contributed by atoms with Gasteiger partial charge in [0.1, 0.15) is 0 Å². The van der Waals surface area contributed by atoms with Crippen LogP contribution in [0.1, 0.15) is 32.3 Å². The summed E-state index contributed by atoms with van der Waals surface area (Å²) in [6.45, 7) is 5.51. The van der Waals surface area contributed by atoms with Crippen molar-refractivity contribution in [2.75, 3.05) is 6.26 Å². The maximum atomic E-state index is 11.8. The second-order valence-electron chi connectivity index (χ2n) is 4.85. The van der Waals surface area contributed by atoms with Crippen LogP contribution in [0.5, 0.6) is 0 Å². The first-order valence-electron chi connectivity index (χ1n) is 5.41. The Labute approximate surface area is 112 Å². The molecule has 0 aliphatic carbocycles. The Morgan fingerprint density at radius 1 is 1.29 bits per heavy atom. The van der Waals surface area contributed by atoms with E-state index in [4.69, 9.17) is 0 Å². The van der Waals surface area contributed by atoms with Crippen LogP contribution >= 0.6 is 15.9 Å². The average Bonchev–Trinajstić information content (AvgIpc) is 2.26. The van der Waals surface area contributed by atoms with E-state index in [0.29, 0.717) is 0 Å². The van der Waals surface area contributed by atoms with Gasteiger partial charge in [-0.05, 0) is 37.5 Å². The topological polar surface area (TPSA) is 47.0 Å². The first-order chi connectivity index (χ1) is 7.68. The zero-order chi connectivity index (χ0) is 13.3. The van der Waals surface area contributed by atoms with Crippen molar-refractivity contribution < 1.29 is 8.42 Å². The van der Waals surface area contributed by atoms with Gasteiger partial charge in [0.2, 0.25) is 0 Å². The summed E-state index contributed by atoms with van der Waals surface area (Å²) in [6.07, 6.45) is 4.72. The maximum absolute atomic E-state index is 11.8. The van der Waals surface area contributed by atoms with Crippen molar-refractivity contribution in [2.24, 2.45) is 0 Å². The molecule has 0 saturated heterocycles. The number of aromatic nitrogens is 1. The third kappa shape index (κ3) is 3.07. The molecule has 0 N–H and O–H groups in total. The minimum Gasteiger partial charge on any atom is -0.265 e. The Morgan fingerprint density at radius 2 is 1.76 bits per heavy atom. The van der Waals surface area contributed by atoms with E-state index >= 15 is 0 Å². The predicted octanol–water partition coefficient (Wildman–Crippen LogP) is 2.77. The number of pyridine rings is 1. The minimum atomic E-state index is -3.12. The van der Waals surface area contributed by atoms with Crippen LogP contribution < -0.4 is 0 Å². The molecule has 1 rings (SSSR count). The Balaban J connectivity index is 3.03. The molecule has 0 amide bonds. The molecule has 2 atom stereocenters. The summed E-state index contributed by atoms with van der Waals surface area (Å²) in [5.41, 5.74) is 1.08. The Bertz CT molecular complexity index is 471. The van der Waals surface area contributed by atoms with E-state index in [1.54, 1.807) is 26.2 Å². The molecule has 2 unspecified atom stereocenters. The van der Waals surface area contributed by atoms with Crippen LogP contribution in [0.2, 0.25) is 0 Å². The number of hydrogen-bond donors (Lipinski definition) is 0. The molecule has 0 bridgehead atoms. The smallest absolute Gasteiger partial charge is 0.153 e. The first-order valence-corrected chi connectivity index (χ1v) is 8.22. The summed E-state index contributed by atoms with van der Waals surface area (Å²) in [6, 6.07) is 3.83. The molecule has 0 saturated carbocycles. The van der Waals surface area contributed by atoms with Gasteiger partial charge in [0.15, 0.2) is 9.84 Å². The van der Waals surface area contributed by atoms with Crippen molar-refractivity contribution in [3.8, 4) is 0 Å². The molecule has 0 spiro atoms. The molecule has 1 aromatic heterocycles. The van der Waals surface area contributed by atoms with Crippen molar-refractivity contribution in [3.63, 3.8) is 0 Å². The monoisotopic (exact) mass is 319 g/mol. The lowest BCUT2D eigenvalue weighted by atomic mass is 9.92. The minimum absolute atomic E-state index is 0.0997. The van der Waals surface area contributed by atoms with Crippen LogP contribution in [0.3, 0.4) is 0 Å².